The van der Waals surface area contributed by atoms with Crippen LogP contribution in [0, 0.1) is 5.92 Å². The molecule has 1 aromatic heterocycles. The maximum Gasteiger partial charge on any atom is 0.308 e. The summed E-state index contributed by atoms with van der Waals surface area (Å²) in [5.74, 6) is -0.709. The molecule has 0 saturated heterocycles. The third-order valence-corrected chi connectivity index (χ3v) is 8.79. The van der Waals surface area contributed by atoms with Crippen molar-refractivity contribution in [2.75, 3.05) is 26.2 Å². The molecule has 0 aromatic carbocycles. The Labute approximate surface area is 157 Å². The molecule has 0 aliphatic carbocycles. The van der Waals surface area contributed by atoms with E-state index in [4.69, 9.17) is 9.88 Å². The summed E-state index contributed by atoms with van der Waals surface area (Å²) in [4.78, 5) is 11.5. The van der Waals surface area contributed by atoms with Crippen molar-refractivity contribution >= 4 is 37.4 Å². The van der Waals surface area contributed by atoms with E-state index in [-0.39, 0.29) is 40.1 Å². The molecule has 12 heteroatoms. The topological polar surface area (TPSA) is 136 Å². The number of fused-ring (bicyclic) bond motifs is 1. The summed E-state index contributed by atoms with van der Waals surface area (Å²) in [6, 6.07) is 0.946. The lowest BCUT2D eigenvalue weighted by atomic mass is 10.1. The van der Waals surface area contributed by atoms with Gasteiger partial charge in [0.05, 0.1) is 5.92 Å². The van der Waals surface area contributed by atoms with Gasteiger partial charge >= 0.3 is 5.97 Å². The SMILES string of the molecule is CCNC1CN(CCOC(=O)C(C)C)S(=O)(=O)c2sc(S(N)(=O)=O)cc21. The van der Waals surface area contributed by atoms with Gasteiger partial charge in [-0.3, -0.25) is 4.79 Å². The van der Waals surface area contributed by atoms with E-state index < -0.39 is 26.0 Å². The van der Waals surface area contributed by atoms with Gasteiger partial charge in [-0.05, 0) is 12.6 Å². The van der Waals surface area contributed by atoms with Crippen LogP contribution in [0.4, 0.5) is 0 Å². The number of carbonyl (C=O) groups is 1. The molecular formula is C14H23N3O6S3. The molecule has 1 aliphatic heterocycles. The minimum Gasteiger partial charge on any atom is -0.464 e. The second-order valence-corrected chi connectivity index (χ2v) is 11.1. The van der Waals surface area contributed by atoms with Crippen LogP contribution in [0.25, 0.3) is 0 Å². The van der Waals surface area contributed by atoms with Crippen LogP contribution in [0.5, 0.6) is 0 Å². The van der Waals surface area contributed by atoms with Crippen LogP contribution < -0.4 is 10.5 Å². The smallest absolute Gasteiger partial charge is 0.308 e. The van der Waals surface area contributed by atoms with Gasteiger partial charge < -0.3 is 10.1 Å². The van der Waals surface area contributed by atoms with Crippen LogP contribution in [0.2, 0.25) is 0 Å². The van der Waals surface area contributed by atoms with Crippen LogP contribution in [0.15, 0.2) is 14.5 Å². The maximum absolute atomic E-state index is 12.8. The Morgan fingerprint density at radius 2 is 2.15 bits per heavy atom. The average molecular weight is 426 g/mol. The Bertz CT molecular complexity index is 876. The van der Waals surface area contributed by atoms with Crippen molar-refractivity contribution < 1.29 is 26.4 Å². The predicted molar refractivity (Wildman–Crippen MR) is 96.7 cm³/mol. The number of rotatable bonds is 7. The zero-order chi connectivity index (χ0) is 19.7. The van der Waals surface area contributed by atoms with Crippen molar-refractivity contribution in [3.8, 4) is 0 Å². The lowest BCUT2D eigenvalue weighted by molar-refractivity contribution is -0.147. The second kappa shape index (κ2) is 7.90. The molecule has 1 aliphatic rings. The highest BCUT2D eigenvalue weighted by Gasteiger charge is 2.39. The van der Waals surface area contributed by atoms with E-state index >= 15 is 0 Å². The van der Waals surface area contributed by atoms with Gasteiger partial charge in [0, 0.05) is 24.7 Å². The zero-order valence-electron chi connectivity index (χ0n) is 14.8. The third kappa shape index (κ3) is 4.43. The summed E-state index contributed by atoms with van der Waals surface area (Å²) in [5, 5.41) is 8.30. The first-order chi connectivity index (χ1) is 12.0. The first kappa shape index (κ1) is 21.3. The van der Waals surface area contributed by atoms with E-state index in [0.29, 0.717) is 23.4 Å². The molecule has 0 fully saturated rings. The van der Waals surface area contributed by atoms with Crippen molar-refractivity contribution in [3.05, 3.63) is 11.6 Å². The Hall–Kier alpha value is -1.05. The van der Waals surface area contributed by atoms with Crippen molar-refractivity contribution in [2.45, 2.75) is 35.2 Å². The highest BCUT2D eigenvalue weighted by molar-refractivity contribution is 7.94. The largest absolute Gasteiger partial charge is 0.464 e. The van der Waals surface area contributed by atoms with Gasteiger partial charge in [0.25, 0.3) is 10.0 Å². The van der Waals surface area contributed by atoms with E-state index in [9.17, 15) is 21.6 Å². The molecule has 9 nitrogen and oxygen atoms in total. The fourth-order valence-corrected chi connectivity index (χ4v) is 6.77. The quantitative estimate of drug-likeness (QED) is 0.598. The molecule has 0 spiro atoms. The van der Waals surface area contributed by atoms with Gasteiger partial charge in [0.2, 0.25) is 10.0 Å². The normalized spacial score (nSPS) is 20.1. The zero-order valence-corrected chi connectivity index (χ0v) is 17.2. The number of esters is 1. The number of nitrogens with one attached hydrogen (secondary N) is 1. The number of hydrogen-bond donors (Lipinski definition) is 2. The summed E-state index contributed by atoms with van der Waals surface area (Å²) >= 11 is 0.637. The van der Waals surface area contributed by atoms with E-state index in [0.717, 1.165) is 0 Å². The van der Waals surface area contributed by atoms with Crippen LogP contribution in [-0.2, 0) is 29.6 Å². The standard InChI is InChI=1S/C14H23N3O6S3/c1-4-16-11-8-17(5-6-23-13(18)9(2)3)26(21,22)14-10(11)7-12(24-14)25(15,19)20/h7,9,11,16H,4-6,8H2,1-3H3,(H2,15,19,20). The lowest BCUT2D eigenvalue weighted by Crippen LogP contribution is -2.44. The van der Waals surface area contributed by atoms with Crippen molar-refractivity contribution in [1.82, 2.24) is 9.62 Å². The summed E-state index contributed by atoms with van der Waals surface area (Å²) in [6.45, 7) is 5.85. The molecule has 2 heterocycles. The number of carbonyl (C=O) groups excluding carboxylic acids is 1. The van der Waals surface area contributed by atoms with Crippen LogP contribution >= 0.6 is 11.3 Å². The highest BCUT2D eigenvalue weighted by Crippen LogP contribution is 2.39. The number of nitrogens with two attached hydrogens (primary N) is 1. The first-order valence-electron chi connectivity index (χ1n) is 8.05. The number of sulfonamides is 2. The molecule has 0 amide bonds. The molecule has 1 atom stereocenters. The van der Waals surface area contributed by atoms with Gasteiger partial charge in [0.15, 0.2) is 0 Å². The Morgan fingerprint density at radius 1 is 1.50 bits per heavy atom. The summed E-state index contributed by atoms with van der Waals surface area (Å²) < 4.78 is 54.9. The van der Waals surface area contributed by atoms with Crippen LogP contribution in [0.3, 0.4) is 0 Å². The van der Waals surface area contributed by atoms with E-state index in [1.807, 2.05) is 6.92 Å². The lowest BCUT2D eigenvalue weighted by Gasteiger charge is -2.32. The highest BCUT2D eigenvalue weighted by atomic mass is 32.3. The number of primary sulfonamides is 1. The number of likely N-dealkylation sites (N-methyl/N-ethyl adjacent to an activating group) is 1. The van der Waals surface area contributed by atoms with Crippen LogP contribution in [-0.4, -0.2) is 53.4 Å². The molecule has 0 bridgehead atoms. The molecule has 1 unspecified atom stereocenters. The van der Waals surface area contributed by atoms with Gasteiger partial charge in [-0.1, -0.05) is 20.8 Å². The van der Waals surface area contributed by atoms with E-state index in [2.05, 4.69) is 5.32 Å². The van der Waals surface area contributed by atoms with Gasteiger partial charge in [-0.2, -0.15) is 4.31 Å². The molecular weight excluding hydrogens is 402 g/mol. The first-order valence-corrected chi connectivity index (χ1v) is 11.9. The molecule has 148 valence electrons. The third-order valence-electron chi connectivity index (χ3n) is 3.83. The van der Waals surface area contributed by atoms with Crippen molar-refractivity contribution in [2.24, 2.45) is 11.1 Å². The summed E-state index contributed by atoms with van der Waals surface area (Å²) in [5.41, 5.74) is 0.399. The molecule has 26 heavy (non-hydrogen) atoms. The van der Waals surface area contributed by atoms with Gasteiger partial charge in [0.1, 0.15) is 15.0 Å². The average Bonchev–Trinajstić information content (AvgIpc) is 2.98. The van der Waals surface area contributed by atoms with Crippen LogP contribution in [0.1, 0.15) is 32.4 Å². The molecule has 1 aromatic rings. The number of hydrogen-bond acceptors (Lipinski definition) is 8. The van der Waals surface area contributed by atoms with E-state index in [1.54, 1.807) is 13.8 Å². The monoisotopic (exact) mass is 425 g/mol. The summed E-state index contributed by atoms with van der Waals surface area (Å²) in [6.07, 6.45) is 0. The number of ether oxygens (including phenoxy) is 1. The Balaban J connectivity index is 2.31. The Kier molecular flexibility index (Phi) is 6.46. The molecule has 2 rings (SSSR count). The van der Waals surface area contributed by atoms with Crippen molar-refractivity contribution in [3.63, 3.8) is 0 Å². The maximum atomic E-state index is 12.8. The molecule has 3 N–H and O–H groups in total. The molecule has 0 saturated carbocycles. The fourth-order valence-electron chi connectivity index (χ4n) is 2.51. The predicted octanol–water partition coefficient (Wildman–Crippen LogP) is 0.250. The number of nitrogens with zero attached hydrogens (tertiary/aromatic N) is 1. The number of thiophene rings is 1. The minimum absolute atomic E-state index is 0.00919. The fraction of sp³-hybridized carbons (Fsp3) is 0.643. The molecule has 0 radical (unpaired) electrons. The second-order valence-electron chi connectivity index (χ2n) is 6.15. The summed E-state index contributed by atoms with van der Waals surface area (Å²) in [7, 11) is -7.89. The van der Waals surface area contributed by atoms with E-state index in [1.165, 1.54) is 10.4 Å². The van der Waals surface area contributed by atoms with Gasteiger partial charge in [-0.15, -0.1) is 11.3 Å². The van der Waals surface area contributed by atoms with Crippen molar-refractivity contribution in [1.29, 1.82) is 0 Å². The van der Waals surface area contributed by atoms with Gasteiger partial charge in [-0.25, -0.2) is 22.0 Å². The minimum atomic E-state index is -4.00. The Morgan fingerprint density at radius 3 is 2.69 bits per heavy atom.